The molecule has 1 aromatic rings. The van der Waals surface area contributed by atoms with Crippen LogP contribution in [-0.4, -0.2) is 46.5 Å². The van der Waals surface area contributed by atoms with E-state index in [1.54, 1.807) is 31.7 Å². The van der Waals surface area contributed by atoms with Gasteiger partial charge >= 0.3 is 6.09 Å². The van der Waals surface area contributed by atoms with Crippen LogP contribution in [0.25, 0.3) is 6.08 Å². The zero-order valence-corrected chi connectivity index (χ0v) is 21.0. The molecule has 0 heterocycles. The number of amides is 3. The number of hydrogen-bond donors (Lipinski definition) is 2. The Kier molecular flexibility index (Phi) is 8.69. The molecule has 182 valence electrons. The first kappa shape index (κ1) is 26.4. The van der Waals surface area contributed by atoms with E-state index in [4.69, 9.17) is 4.74 Å². The first-order chi connectivity index (χ1) is 15.3. The third-order valence-electron chi connectivity index (χ3n) is 5.22. The lowest BCUT2D eigenvalue weighted by molar-refractivity contribution is -0.144. The summed E-state index contributed by atoms with van der Waals surface area (Å²) in [5.41, 5.74) is 0.895. The van der Waals surface area contributed by atoms with Crippen LogP contribution in [0.3, 0.4) is 0 Å². The molecule has 2 N–H and O–H groups in total. The van der Waals surface area contributed by atoms with Gasteiger partial charge in [-0.25, -0.2) is 4.79 Å². The minimum Gasteiger partial charge on any atom is -0.444 e. The Bertz CT molecular complexity index is 869. The molecule has 1 aromatic carbocycles. The first-order valence-corrected chi connectivity index (χ1v) is 11.7. The number of ether oxygens (including phenoxy) is 1. The quantitative estimate of drug-likeness (QED) is 0.574. The van der Waals surface area contributed by atoms with Gasteiger partial charge in [0.05, 0.1) is 0 Å². The van der Waals surface area contributed by atoms with Crippen LogP contribution in [0.5, 0.6) is 0 Å². The van der Waals surface area contributed by atoms with Crippen molar-refractivity contribution in [1.29, 1.82) is 0 Å². The fourth-order valence-electron chi connectivity index (χ4n) is 3.64. The fourth-order valence-corrected chi connectivity index (χ4v) is 3.64. The molecule has 2 atom stereocenters. The Morgan fingerprint density at radius 2 is 1.76 bits per heavy atom. The molecule has 0 radical (unpaired) electrons. The zero-order valence-electron chi connectivity index (χ0n) is 21.0. The molecule has 0 saturated heterocycles. The lowest BCUT2D eigenvalue weighted by Gasteiger charge is -2.36. The minimum absolute atomic E-state index is 0.0607. The van der Waals surface area contributed by atoms with Gasteiger partial charge in [0, 0.05) is 12.1 Å². The van der Waals surface area contributed by atoms with Gasteiger partial charge in [0.15, 0.2) is 0 Å². The van der Waals surface area contributed by atoms with Gasteiger partial charge in [0.2, 0.25) is 11.8 Å². The van der Waals surface area contributed by atoms with Crippen molar-refractivity contribution in [3.63, 3.8) is 0 Å². The summed E-state index contributed by atoms with van der Waals surface area (Å²) in [5, 5.41) is 5.71. The third-order valence-corrected chi connectivity index (χ3v) is 5.22. The largest absolute Gasteiger partial charge is 0.444 e. The molecule has 2 rings (SSSR count). The third kappa shape index (κ3) is 7.62. The highest BCUT2D eigenvalue weighted by atomic mass is 16.6. The molecule has 7 nitrogen and oxygen atoms in total. The van der Waals surface area contributed by atoms with Crippen molar-refractivity contribution in [2.45, 2.75) is 91.1 Å². The van der Waals surface area contributed by atoms with Crippen molar-refractivity contribution in [2.24, 2.45) is 5.92 Å². The van der Waals surface area contributed by atoms with Crippen LogP contribution in [0.4, 0.5) is 4.79 Å². The number of benzene rings is 1. The van der Waals surface area contributed by atoms with Crippen molar-refractivity contribution in [1.82, 2.24) is 15.5 Å². The van der Waals surface area contributed by atoms with E-state index >= 15 is 0 Å². The predicted octanol–water partition coefficient (Wildman–Crippen LogP) is 4.44. The standard InChI is InChI=1S/C26H39N3O4/c1-9-18-11-10-12-19(15-18)22(23(30)27-17(4)5)29(20-13-14-20)24(31)21(16(2)3)28-25(32)33-26(6,7)8/h9-12,15-17,20-22H,1,13-14H2,2-8H3,(H,27,30)(H,28,32). The van der Waals surface area contributed by atoms with E-state index in [1.165, 1.54) is 0 Å². The summed E-state index contributed by atoms with van der Waals surface area (Å²) >= 11 is 0. The van der Waals surface area contributed by atoms with Gasteiger partial charge in [0.1, 0.15) is 17.7 Å². The van der Waals surface area contributed by atoms with Crippen molar-refractivity contribution in [3.05, 3.63) is 42.0 Å². The second-order valence-corrected chi connectivity index (χ2v) is 10.3. The lowest BCUT2D eigenvalue weighted by atomic mass is 9.97. The molecule has 7 heteroatoms. The summed E-state index contributed by atoms with van der Waals surface area (Å²) in [6.45, 7) is 16.7. The maximum Gasteiger partial charge on any atom is 0.408 e. The Balaban J connectivity index is 2.45. The van der Waals surface area contributed by atoms with E-state index < -0.39 is 23.8 Å². The molecular formula is C26H39N3O4. The van der Waals surface area contributed by atoms with Gasteiger partial charge in [-0.05, 0) is 70.6 Å². The molecule has 33 heavy (non-hydrogen) atoms. The Morgan fingerprint density at radius 3 is 2.24 bits per heavy atom. The van der Waals surface area contributed by atoms with Crippen LogP contribution in [0.1, 0.15) is 78.5 Å². The van der Waals surface area contributed by atoms with E-state index in [1.807, 2.05) is 52.0 Å². The van der Waals surface area contributed by atoms with Crippen LogP contribution in [-0.2, 0) is 14.3 Å². The second kappa shape index (κ2) is 10.9. The highest BCUT2D eigenvalue weighted by molar-refractivity contribution is 5.93. The van der Waals surface area contributed by atoms with Gasteiger partial charge in [-0.3, -0.25) is 9.59 Å². The average Bonchev–Trinajstić information content (AvgIpc) is 3.52. The lowest BCUT2D eigenvalue weighted by Crippen LogP contribution is -2.55. The topological polar surface area (TPSA) is 87.7 Å². The van der Waals surface area contributed by atoms with Crippen molar-refractivity contribution >= 4 is 24.0 Å². The summed E-state index contributed by atoms with van der Waals surface area (Å²) < 4.78 is 5.39. The second-order valence-electron chi connectivity index (χ2n) is 10.3. The normalized spacial score (nSPS) is 15.5. The maximum absolute atomic E-state index is 13.9. The van der Waals surface area contributed by atoms with E-state index in [2.05, 4.69) is 17.2 Å². The maximum atomic E-state index is 13.9. The molecule has 0 spiro atoms. The predicted molar refractivity (Wildman–Crippen MR) is 130 cm³/mol. The summed E-state index contributed by atoms with van der Waals surface area (Å²) in [5.74, 6) is -0.725. The monoisotopic (exact) mass is 457 g/mol. The zero-order chi connectivity index (χ0) is 24.9. The number of nitrogens with zero attached hydrogens (tertiary/aromatic N) is 1. The Morgan fingerprint density at radius 1 is 1.12 bits per heavy atom. The summed E-state index contributed by atoms with van der Waals surface area (Å²) in [4.78, 5) is 41.4. The minimum atomic E-state index is -0.822. The molecule has 3 amide bonds. The van der Waals surface area contributed by atoms with Crippen LogP contribution in [0.2, 0.25) is 0 Å². The molecule has 1 aliphatic carbocycles. The van der Waals surface area contributed by atoms with E-state index in [-0.39, 0.29) is 29.8 Å². The van der Waals surface area contributed by atoms with Crippen LogP contribution in [0.15, 0.2) is 30.8 Å². The van der Waals surface area contributed by atoms with Crippen molar-refractivity contribution < 1.29 is 19.1 Å². The summed E-state index contributed by atoms with van der Waals surface area (Å²) in [6.07, 6.45) is 2.69. The number of carbonyl (C=O) groups is 3. The van der Waals surface area contributed by atoms with E-state index in [0.717, 1.165) is 18.4 Å². The number of hydrogen-bond acceptors (Lipinski definition) is 4. The molecule has 2 unspecified atom stereocenters. The van der Waals surface area contributed by atoms with Crippen LogP contribution in [0, 0.1) is 5.92 Å². The van der Waals surface area contributed by atoms with E-state index in [9.17, 15) is 14.4 Å². The number of carbonyl (C=O) groups excluding carboxylic acids is 3. The van der Waals surface area contributed by atoms with Crippen LogP contribution >= 0.6 is 0 Å². The van der Waals surface area contributed by atoms with Gasteiger partial charge < -0.3 is 20.3 Å². The van der Waals surface area contributed by atoms with Gasteiger partial charge in [-0.1, -0.05) is 44.7 Å². The van der Waals surface area contributed by atoms with E-state index in [0.29, 0.717) is 5.56 Å². The van der Waals surface area contributed by atoms with Crippen molar-refractivity contribution in [2.75, 3.05) is 0 Å². The fraction of sp³-hybridized carbons (Fsp3) is 0.577. The Hall–Kier alpha value is -2.83. The summed E-state index contributed by atoms with van der Waals surface area (Å²) in [7, 11) is 0. The molecule has 1 fully saturated rings. The van der Waals surface area contributed by atoms with Crippen molar-refractivity contribution in [3.8, 4) is 0 Å². The van der Waals surface area contributed by atoms with Crippen LogP contribution < -0.4 is 10.6 Å². The van der Waals surface area contributed by atoms with Gasteiger partial charge in [0.25, 0.3) is 0 Å². The molecular weight excluding hydrogens is 418 g/mol. The number of alkyl carbamates (subject to hydrolysis) is 1. The Labute approximate surface area is 197 Å². The molecule has 0 aliphatic heterocycles. The SMILES string of the molecule is C=Cc1cccc(C(C(=O)NC(C)C)N(C(=O)C(NC(=O)OC(C)(C)C)C(C)C)C2CC2)c1. The average molecular weight is 458 g/mol. The smallest absolute Gasteiger partial charge is 0.408 e. The number of rotatable bonds is 9. The highest BCUT2D eigenvalue weighted by Crippen LogP contribution is 2.36. The van der Waals surface area contributed by atoms with Gasteiger partial charge in [-0.15, -0.1) is 0 Å². The molecule has 1 saturated carbocycles. The first-order valence-electron chi connectivity index (χ1n) is 11.7. The molecule has 0 aromatic heterocycles. The van der Waals surface area contributed by atoms with Gasteiger partial charge in [-0.2, -0.15) is 0 Å². The highest BCUT2D eigenvalue weighted by Gasteiger charge is 2.44. The molecule has 0 bridgehead atoms. The molecule has 1 aliphatic rings. The number of nitrogens with one attached hydrogen (secondary N) is 2. The summed E-state index contributed by atoms with van der Waals surface area (Å²) in [6, 6.07) is 5.72.